The molecule has 0 amide bonds. The molecule has 0 aromatic heterocycles. The van der Waals surface area contributed by atoms with Crippen molar-refractivity contribution in [1.29, 1.82) is 0 Å². The number of nitrogens with two attached hydrogens (primary N) is 1. The summed E-state index contributed by atoms with van der Waals surface area (Å²) in [7, 11) is 0. The Kier molecular flexibility index (Phi) is 4.99. The number of unbranched alkanes of at least 4 members (excludes halogenated alkanes) is 1. The number of hydrogen-bond acceptors (Lipinski definition) is 5. The molecule has 0 bridgehead atoms. The Morgan fingerprint density at radius 3 is 2.12 bits per heavy atom. The molecule has 2 saturated heterocycles. The highest BCUT2D eigenvalue weighted by Gasteiger charge is 2.34. The van der Waals surface area contributed by atoms with Crippen molar-refractivity contribution in [3.05, 3.63) is 0 Å². The van der Waals surface area contributed by atoms with Crippen LogP contribution >= 0.6 is 0 Å². The minimum absolute atomic E-state index is 0.796. The van der Waals surface area contributed by atoms with E-state index < -0.39 is 0 Å². The minimum atomic E-state index is 0.796. The van der Waals surface area contributed by atoms with Crippen molar-refractivity contribution in [2.75, 3.05) is 52.4 Å². The number of rotatable bonds is 10. The number of hydrazine groups is 2. The molecule has 2 fully saturated rings. The van der Waals surface area contributed by atoms with Crippen LogP contribution in [0.15, 0.2) is 0 Å². The van der Waals surface area contributed by atoms with Crippen LogP contribution in [0.4, 0.5) is 0 Å². The van der Waals surface area contributed by atoms with Gasteiger partial charge in [0.05, 0.1) is 0 Å². The van der Waals surface area contributed by atoms with Crippen LogP contribution in [0.5, 0.6) is 0 Å². The van der Waals surface area contributed by atoms with Gasteiger partial charge in [-0.05, 0) is 38.9 Å². The third-order valence-electron chi connectivity index (χ3n) is 3.02. The maximum absolute atomic E-state index is 5.43. The Balaban J connectivity index is 1.44. The van der Waals surface area contributed by atoms with E-state index >= 15 is 0 Å². The van der Waals surface area contributed by atoms with Crippen LogP contribution in [0.1, 0.15) is 19.3 Å². The molecule has 2 heterocycles. The van der Waals surface area contributed by atoms with Crippen molar-refractivity contribution in [2.24, 2.45) is 5.73 Å². The van der Waals surface area contributed by atoms with Crippen molar-refractivity contribution in [1.82, 2.24) is 20.5 Å². The van der Waals surface area contributed by atoms with Gasteiger partial charge >= 0.3 is 0 Å². The van der Waals surface area contributed by atoms with Gasteiger partial charge in [0, 0.05) is 32.7 Å². The van der Waals surface area contributed by atoms with Crippen molar-refractivity contribution in [2.45, 2.75) is 19.3 Å². The Morgan fingerprint density at radius 1 is 0.938 bits per heavy atom. The molecule has 5 nitrogen and oxygen atoms in total. The predicted molar refractivity (Wildman–Crippen MR) is 65.6 cm³/mol. The van der Waals surface area contributed by atoms with Gasteiger partial charge < -0.3 is 11.1 Å². The van der Waals surface area contributed by atoms with Gasteiger partial charge in [-0.2, -0.15) is 5.12 Å². The van der Waals surface area contributed by atoms with Gasteiger partial charge in [0.15, 0.2) is 0 Å². The molecule has 0 aromatic carbocycles. The molecular weight excluding hydrogens is 202 g/mol. The van der Waals surface area contributed by atoms with Crippen molar-refractivity contribution < 1.29 is 0 Å². The number of nitrogens with zero attached hydrogens (tertiary/aromatic N) is 3. The third-order valence-corrected chi connectivity index (χ3v) is 3.02. The number of hydrogen-bond donors (Lipinski definition) is 2. The summed E-state index contributed by atoms with van der Waals surface area (Å²) >= 11 is 0. The normalized spacial score (nSPS) is 20.6. The van der Waals surface area contributed by atoms with Crippen molar-refractivity contribution >= 4 is 0 Å². The summed E-state index contributed by atoms with van der Waals surface area (Å²) in [6.45, 7) is 9.21. The topological polar surface area (TPSA) is 47.3 Å². The molecule has 2 aliphatic heterocycles. The van der Waals surface area contributed by atoms with E-state index in [0.717, 1.165) is 26.1 Å². The fraction of sp³-hybridized carbons (Fsp3) is 1.00. The third kappa shape index (κ3) is 4.35. The molecule has 2 rings (SSSR count). The van der Waals surface area contributed by atoms with Crippen LogP contribution in [0.2, 0.25) is 0 Å². The van der Waals surface area contributed by atoms with E-state index in [9.17, 15) is 0 Å². The summed E-state index contributed by atoms with van der Waals surface area (Å²) in [5, 5.41) is 10.7. The molecule has 2 aliphatic rings. The molecule has 0 radical (unpaired) electrons. The lowest BCUT2D eigenvalue weighted by Crippen LogP contribution is -2.36. The molecule has 0 atom stereocenters. The molecule has 16 heavy (non-hydrogen) atoms. The zero-order valence-corrected chi connectivity index (χ0v) is 10.2. The summed E-state index contributed by atoms with van der Waals surface area (Å²) < 4.78 is 0. The molecule has 0 aromatic rings. The monoisotopic (exact) mass is 227 g/mol. The Labute approximate surface area is 98.5 Å². The Hall–Kier alpha value is -0.200. The fourth-order valence-electron chi connectivity index (χ4n) is 1.87. The zero-order chi connectivity index (χ0) is 11.2. The second-order valence-corrected chi connectivity index (χ2v) is 4.60. The first-order valence-corrected chi connectivity index (χ1v) is 6.60. The highest BCUT2D eigenvalue weighted by molar-refractivity contribution is 4.76. The second-order valence-electron chi connectivity index (χ2n) is 4.60. The summed E-state index contributed by atoms with van der Waals surface area (Å²) in [6, 6.07) is 0. The van der Waals surface area contributed by atoms with Gasteiger partial charge in [-0.15, -0.1) is 0 Å². The maximum Gasteiger partial charge on any atom is 0.0293 e. The predicted octanol–water partition coefficient (Wildman–Crippen LogP) is -0.532. The highest BCUT2D eigenvalue weighted by atomic mass is 15.9. The van der Waals surface area contributed by atoms with Gasteiger partial charge in [-0.25, -0.2) is 10.0 Å². The summed E-state index contributed by atoms with van der Waals surface area (Å²) in [5.74, 6) is 0. The van der Waals surface area contributed by atoms with E-state index in [0.29, 0.717) is 0 Å². The standard InChI is InChI=1S/C11H25N5/c12-4-3-6-13-5-1-2-7-16(14-8-9-14)15-10-11-15/h13H,1-12H2. The minimum Gasteiger partial charge on any atom is -0.330 e. The molecule has 0 aliphatic carbocycles. The molecular formula is C11H25N5. The summed E-state index contributed by atoms with van der Waals surface area (Å²) in [4.78, 5) is 0. The molecule has 5 heteroatoms. The van der Waals surface area contributed by atoms with Gasteiger partial charge in [0.25, 0.3) is 0 Å². The van der Waals surface area contributed by atoms with E-state index in [4.69, 9.17) is 5.73 Å². The van der Waals surface area contributed by atoms with E-state index in [1.54, 1.807) is 0 Å². The quantitative estimate of drug-likeness (QED) is 0.388. The van der Waals surface area contributed by atoms with Crippen LogP contribution in [-0.4, -0.2) is 67.5 Å². The van der Waals surface area contributed by atoms with E-state index in [1.807, 2.05) is 0 Å². The number of nitrogens with one attached hydrogen (secondary N) is 1. The smallest absolute Gasteiger partial charge is 0.0293 e. The lowest BCUT2D eigenvalue weighted by molar-refractivity contribution is -0.0526. The van der Waals surface area contributed by atoms with Crippen LogP contribution in [0, 0.1) is 0 Å². The van der Waals surface area contributed by atoms with E-state index in [1.165, 1.54) is 45.6 Å². The molecule has 94 valence electrons. The zero-order valence-electron chi connectivity index (χ0n) is 10.2. The Bertz CT molecular complexity index is 179. The van der Waals surface area contributed by atoms with Crippen LogP contribution in [-0.2, 0) is 0 Å². The fourth-order valence-corrected chi connectivity index (χ4v) is 1.87. The van der Waals surface area contributed by atoms with Crippen LogP contribution in [0.3, 0.4) is 0 Å². The highest BCUT2D eigenvalue weighted by Crippen LogP contribution is 2.19. The lowest BCUT2D eigenvalue weighted by Gasteiger charge is -2.23. The SMILES string of the molecule is NCCCNCCCCN(N1CC1)N1CC1. The molecule has 3 N–H and O–H groups in total. The summed E-state index contributed by atoms with van der Waals surface area (Å²) in [6.07, 6.45) is 3.64. The summed E-state index contributed by atoms with van der Waals surface area (Å²) in [5.41, 5.74) is 5.43. The lowest BCUT2D eigenvalue weighted by atomic mass is 10.3. The van der Waals surface area contributed by atoms with Gasteiger partial charge in [-0.3, -0.25) is 0 Å². The molecule has 0 unspecified atom stereocenters. The first-order chi connectivity index (χ1) is 7.92. The van der Waals surface area contributed by atoms with Gasteiger partial charge in [0.1, 0.15) is 0 Å². The Morgan fingerprint density at radius 2 is 1.56 bits per heavy atom. The molecule has 0 spiro atoms. The van der Waals surface area contributed by atoms with E-state index in [2.05, 4.69) is 20.5 Å². The maximum atomic E-state index is 5.43. The van der Waals surface area contributed by atoms with Gasteiger partial charge in [-0.1, -0.05) is 0 Å². The average molecular weight is 227 g/mol. The largest absolute Gasteiger partial charge is 0.330 e. The van der Waals surface area contributed by atoms with Crippen LogP contribution < -0.4 is 11.1 Å². The average Bonchev–Trinajstić information content (AvgIpc) is 3.16. The first kappa shape index (κ1) is 12.3. The molecule has 0 saturated carbocycles. The first-order valence-electron chi connectivity index (χ1n) is 6.60. The van der Waals surface area contributed by atoms with Crippen molar-refractivity contribution in [3.63, 3.8) is 0 Å². The van der Waals surface area contributed by atoms with Crippen molar-refractivity contribution in [3.8, 4) is 0 Å². The van der Waals surface area contributed by atoms with Crippen LogP contribution in [0.25, 0.3) is 0 Å². The van der Waals surface area contributed by atoms with E-state index in [-0.39, 0.29) is 0 Å². The second kappa shape index (κ2) is 6.51. The van der Waals surface area contributed by atoms with Gasteiger partial charge in [0.2, 0.25) is 0 Å².